The van der Waals surface area contributed by atoms with E-state index in [-0.39, 0.29) is 11.1 Å². The molecule has 0 saturated carbocycles. The largest absolute Gasteiger partial charge is 0.371 e. The lowest BCUT2D eigenvalue weighted by Crippen LogP contribution is -2.38. The van der Waals surface area contributed by atoms with Crippen LogP contribution in [0.25, 0.3) is 0 Å². The predicted molar refractivity (Wildman–Crippen MR) is 73.8 cm³/mol. The summed E-state index contributed by atoms with van der Waals surface area (Å²) in [5.74, 6) is -0.604. The molecule has 1 aromatic rings. The molecule has 0 atom stereocenters. The minimum absolute atomic E-state index is 0.142. The van der Waals surface area contributed by atoms with Gasteiger partial charge in [-0.2, -0.15) is 0 Å². The standard InChI is InChI=1S/C13H20FN3O2/c1-4-16(9-13(2,3)8-15)11-5-10(14)6-12(7-11)17(18)19/h5-7H,4,8-9,15H2,1-3H3. The predicted octanol–water partition coefficient (Wildman–Crippen LogP) is 2.55. The highest BCUT2D eigenvalue weighted by Gasteiger charge is 2.21. The molecule has 0 amide bonds. The quantitative estimate of drug-likeness (QED) is 0.636. The Hall–Kier alpha value is -1.69. The summed E-state index contributed by atoms with van der Waals surface area (Å²) in [5.41, 5.74) is 5.82. The van der Waals surface area contributed by atoms with Crippen LogP contribution in [0.2, 0.25) is 0 Å². The van der Waals surface area contributed by atoms with Gasteiger partial charge in [0.1, 0.15) is 5.82 Å². The molecule has 0 aliphatic rings. The summed E-state index contributed by atoms with van der Waals surface area (Å²) in [4.78, 5) is 12.1. The zero-order chi connectivity index (χ0) is 14.6. The molecule has 1 aromatic carbocycles. The summed E-state index contributed by atoms with van der Waals surface area (Å²) in [6, 6.07) is 3.62. The van der Waals surface area contributed by atoms with Gasteiger partial charge in [-0.05, 0) is 24.9 Å². The smallest absolute Gasteiger partial charge is 0.274 e. The lowest BCUT2D eigenvalue weighted by molar-refractivity contribution is -0.385. The Morgan fingerprint density at radius 2 is 2.05 bits per heavy atom. The topological polar surface area (TPSA) is 72.4 Å². The highest BCUT2D eigenvalue weighted by Crippen LogP contribution is 2.26. The first kappa shape index (κ1) is 15.4. The Kier molecular flexibility index (Phi) is 4.83. The van der Waals surface area contributed by atoms with Gasteiger partial charge in [-0.1, -0.05) is 13.8 Å². The van der Waals surface area contributed by atoms with Crippen molar-refractivity contribution in [2.24, 2.45) is 11.1 Å². The summed E-state index contributed by atoms with van der Waals surface area (Å²) < 4.78 is 13.4. The zero-order valence-electron chi connectivity index (χ0n) is 11.5. The van der Waals surface area contributed by atoms with Crippen molar-refractivity contribution in [3.8, 4) is 0 Å². The maximum absolute atomic E-state index is 13.4. The Balaban J connectivity index is 3.08. The van der Waals surface area contributed by atoms with Gasteiger partial charge in [0.15, 0.2) is 0 Å². The molecule has 0 bridgehead atoms. The Bertz CT molecular complexity index is 463. The van der Waals surface area contributed by atoms with Gasteiger partial charge < -0.3 is 10.6 Å². The summed E-state index contributed by atoms with van der Waals surface area (Å²) in [7, 11) is 0. The first-order valence-electron chi connectivity index (χ1n) is 6.19. The molecule has 6 heteroatoms. The van der Waals surface area contributed by atoms with Gasteiger partial charge in [-0.25, -0.2) is 4.39 Å². The molecule has 0 fully saturated rings. The van der Waals surface area contributed by atoms with E-state index >= 15 is 0 Å². The number of benzene rings is 1. The van der Waals surface area contributed by atoms with E-state index in [1.54, 1.807) is 0 Å². The van der Waals surface area contributed by atoms with E-state index in [4.69, 9.17) is 5.73 Å². The number of halogens is 1. The fourth-order valence-electron chi connectivity index (χ4n) is 1.81. The number of non-ortho nitro benzene ring substituents is 1. The number of nitrogens with two attached hydrogens (primary N) is 1. The minimum Gasteiger partial charge on any atom is -0.371 e. The number of hydrogen-bond donors (Lipinski definition) is 1. The third-order valence-corrected chi connectivity index (χ3v) is 3.00. The molecule has 5 nitrogen and oxygen atoms in total. The van der Waals surface area contributed by atoms with Crippen molar-refractivity contribution in [2.75, 3.05) is 24.5 Å². The van der Waals surface area contributed by atoms with E-state index in [1.807, 2.05) is 25.7 Å². The van der Waals surface area contributed by atoms with Crippen LogP contribution in [0.4, 0.5) is 15.8 Å². The Morgan fingerprint density at radius 1 is 1.42 bits per heavy atom. The number of nitro groups is 1. The van der Waals surface area contributed by atoms with Crippen LogP contribution in [0.5, 0.6) is 0 Å². The average molecular weight is 269 g/mol. The van der Waals surface area contributed by atoms with E-state index < -0.39 is 10.7 Å². The van der Waals surface area contributed by atoms with Gasteiger partial charge in [-0.15, -0.1) is 0 Å². The van der Waals surface area contributed by atoms with Crippen LogP contribution in [0.15, 0.2) is 18.2 Å². The maximum Gasteiger partial charge on any atom is 0.274 e. The summed E-state index contributed by atoms with van der Waals surface area (Å²) >= 11 is 0. The third-order valence-electron chi connectivity index (χ3n) is 3.00. The van der Waals surface area contributed by atoms with Crippen LogP contribution in [0, 0.1) is 21.3 Å². The van der Waals surface area contributed by atoms with E-state index in [2.05, 4.69) is 0 Å². The van der Waals surface area contributed by atoms with Crippen LogP contribution in [-0.2, 0) is 0 Å². The first-order chi connectivity index (χ1) is 8.79. The number of rotatable bonds is 6. The van der Waals surface area contributed by atoms with Crippen LogP contribution in [0.3, 0.4) is 0 Å². The molecular formula is C13H20FN3O2. The van der Waals surface area contributed by atoms with E-state index in [0.29, 0.717) is 25.3 Å². The molecule has 0 aliphatic carbocycles. The summed E-state index contributed by atoms with van der Waals surface area (Å²) in [5, 5.41) is 10.8. The van der Waals surface area contributed by atoms with E-state index in [9.17, 15) is 14.5 Å². The number of nitrogens with zero attached hydrogens (tertiary/aromatic N) is 2. The molecule has 0 heterocycles. The number of anilines is 1. The second kappa shape index (κ2) is 5.97. The normalized spacial score (nSPS) is 11.4. The Morgan fingerprint density at radius 3 is 2.53 bits per heavy atom. The molecule has 0 unspecified atom stereocenters. The van der Waals surface area contributed by atoms with Crippen molar-refractivity contribution in [2.45, 2.75) is 20.8 Å². The third kappa shape index (κ3) is 4.17. The number of hydrogen-bond acceptors (Lipinski definition) is 4. The van der Waals surface area contributed by atoms with Crippen molar-refractivity contribution in [3.05, 3.63) is 34.1 Å². The average Bonchev–Trinajstić information content (AvgIpc) is 2.35. The van der Waals surface area contributed by atoms with Gasteiger partial charge in [-0.3, -0.25) is 10.1 Å². The first-order valence-corrected chi connectivity index (χ1v) is 6.19. The van der Waals surface area contributed by atoms with E-state index in [1.165, 1.54) is 12.1 Å². The van der Waals surface area contributed by atoms with Gasteiger partial charge >= 0.3 is 0 Å². The summed E-state index contributed by atoms with van der Waals surface area (Å²) in [6.45, 7) is 7.65. The van der Waals surface area contributed by atoms with Crippen molar-refractivity contribution in [1.82, 2.24) is 0 Å². The second-order valence-corrected chi connectivity index (χ2v) is 5.31. The number of nitro benzene ring substituents is 1. The SMILES string of the molecule is CCN(CC(C)(C)CN)c1cc(F)cc([N+](=O)[O-])c1. The van der Waals surface area contributed by atoms with Gasteiger partial charge in [0.2, 0.25) is 0 Å². The molecular weight excluding hydrogens is 249 g/mol. The van der Waals surface area contributed by atoms with Crippen LogP contribution in [-0.4, -0.2) is 24.6 Å². The van der Waals surface area contributed by atoms with Crippen LogP contribution in [0.1, 0.15) is 20.8 Å². The van der Waals surface area contributed by atoms with E-state index in [0.717, 1.165) is 6.07 Å². The lowest BCUT2D eigenvalue weighted by atomic mass is 9.93. The molecule has 1 rings (SSSR count). The van der Waals surface area contributed by atoms with Gasteiger partial charge in [0.05, 0.1) is 11.0 Å². The zero-order valence-corrected chi connectivity index (χ0v) is 11.5. The highest BCUT2D eigenvalue weighted by atomic mass is 19.1. The van der Waals surface area contributed by atoms with Crippen molar-refractivity contribution < 1.29 is 9.31 Å². The Labute approximate surface area is 112 Å². The van der Waals surface area contributed by atoms with Gasteiger partial charge in [0, 0.05) is 24.8 Å². The molecule has 2 N–H and O–H groups in total. The molecule has 0 spiro atoms. The van der Waals surface area contributed by atoms with Crippen LogP contribution >= 0.6 is 0 Å². The fourth-order valence-corrected chi connectivity index (χ4v) is 1.81. The molecule has 0 aromatic heterocycles. The summed E-state index contributed by atoms with van der Waals surface area (Å²) in [6.07, 6.45) is 0. The van der Waals surface area contributed by atoms with Crippen LogP contribution < -0.4 is 10.6 Å². The molecule has 19 heavy (non-hydrogen) atoms. The van der Waals surface area contributed by atoms with Crippen molar-refractivity contribution in [3.63, 3.8) is 0 Å². The second-order valence-electron chi connectivity index (χ2n) is 5.31. The monoisotopic (exact) mass is 269 g/mol. The van der Waals surface area contributed by atoms with Gasteiger partial charge in [0.25, 0.3) is 5.69 Å². The van der Waals surface area contributed by atoms with Crippen molar-refractivity contribution in [1.29, 1.82) is 0 Å². The fraction of sp³-hybridized carbons (Fsp3) is 0.538. The van der Waals surface area contributed by atoms with Crippen molar-refractivity contribution >= 4 is 11.4 Å². The molecule has 0 aliphatic heterocycles. The maximum atomic E-state index is 13.4. The highest BCUT2D eigenvalue weighted by molar-refractivity contribution is 5.53. The molecule has 106 valence electrons. The lowest BCUT2D eigenvalue weighted by Gasteiger charge is -2.32. The molecule has 0 saturated heterocycles. The molecule has 0 radical (unpaired) electrons. The minimum atomic E-state index is -0.604.